The molecule has 0 radical (unpaired) electrons. The second kappa shape index (κ2) is 8.70. The van der Waals surface area contributed by atoms with Crippen LogP contribution in [-0.4, -0.2) is 27.6 Å². The number of hydrogen-bond acceptors (Lipinski definition) is 6. The van der Waals surface area contributed by atoms with Gasteiger partial charge in [0.25, 0.3) is 11.6 Å². The van der Waals surface area contributed by atoms with E-state index in [9.17, 15) is 14.9 Å². The number of carbonyl (C=O) groups excluding carboxylic acids is 1. The Kier molecular flexibility index (Phi) is 5.88. The van der Waals surface area contributed by atoms with Crippen molar-refractivity contribution in [2.24, 2.45) is 0 Å². The van der Waals surface area contributed by atoms with Crippen LogP contribution in [0.25, 0.3) is 17.0 Å². The highest BCUT2D eigenvalue weighted by Crippen LogP contribution is 2.23. The van der Waals surface area contributed by atoms with E-state index in [2.05, 4.69) is 27.6 Å². The largest absolute Gasteiger partial charge is 0.494 e. The number of non-ortho nitro benzene ring substituents is 1. The number of ether oxygens (including phenoxy) is 1. The van der Waals surface area contributed by atoms with Crippen molar-refractivity contribution in [3.05, 3.63) is 82.5 Å². The number of nitro groups is 1. The third-order valence-corrected chi connectivity index (χ3v) is 4.02. The summed E-state index contributed by atoms with van der Waals surface area (Å²) in [4.78, 5) is 22.6. The van der Waals surface area contributed by atoms with Gasteiger partial charge in [-0.2, -0.15) is 5.10 Å². The average molecular weight is 393 g/mol. The predicted molar refractivity (Wildman–Crippen MR) is 108 cm³/mol. The molecular weight excluding hydrogens is 374 g/mol. The van der Waals surface area contributed by atoms with E-state index in [0.717, 1.165) is 11.3 Å². The Morgan fingerprint density at radius 1 is 1.21 bits per heavy atom. The summed E-state index contributed by atoms with van der Waals surface area (Å²) < 4.78 is 5.48. The first-order chi connectivity index (χ1) is 14.0. The van der Waals surface area contributed by atoms with E-state index in [0.29, 0.717) is 23.6 Å². The van der Waals surface area contributed by atoms with E-state index in [1.165, 1.54) is 12.1 Å². The molecular formula is C20H19N5O4. The molecule has 0 saturated carbocycles. The van der Waals surface area contributed by atoms with Crippen molar-refractivity contribution in [3.63, 3.8) is 0 Å². The number of hydrogen-bond donors (Lipinski definition) is 3. The molecule has 3 aromatic rings. The van der Waals surface area contributed by atoms with Gasteiger partial charge in [0.05, 0.1) is 22.9 Å². The zero-order chi connectivity index (χ0) is 20.8. The number of hydrazine groups is 1. The van der Waals surface area contributed by atoms with Gasteiger partial charge >= 0.3 is 0 Å². The van der Waals surface area contributed by atoms with E-state index in [4.69, 9.17) is 4.74 Å². The number of aromatic amines is 1. The lowest BCUT2D eigenvalue weighted by molar-refractivity contribution is -0.384. The SMILES string of the molecule is C=C(NNC(=O)c1cc(-c2cccc(OCC)c2)n[nH]1)c1ccc([N+](=O)[O-])cc1. The van der Waals surface area contributed by atoms with Crippen LogP contribution < -0.4 is 15.6 Å². The monoisotopic (exact) mass is 393 g/mol. The van der Waals surface area contributed by atoms with E-state index in [1.54, 1.807) is 18.2 Å². The predicted octanol–water partition coefficient (Wildman–Crippen LogP) is 3.29. The molecule has 0 unspecified atom stereocenters. The highest BCUT2D eigenvalue weighted by atomic mass is 16.6. The third kappa shape index (κ3) is 4.78. The molecule has 0 fully saturated rings. The van der Waals surface area contributed by atoms with Crippen molar-refractivity contribution < 1.29 is 14.5 Å². The number of nitrogens with one attached hydrogen (secondary N) is 3. The van der Waals surface area contributed by atoms with Gasteiger partial charge in [0, 0.05) is 17.7 Å². The Morgan fingerprint density at radius 3 is 2.66 bits per heavy atom. The maximum Gasteiger partial charge on any atom is 0.287 e. The first-order valence-corrected chi connectivity index (χ1v) is 8.76. The molecule has 1 amide bonds. The molecule has 9 heteroatoms. The minimum atomic E-state index is -0.484. The van der Waals surface area contributed by atoms with Gasteiger partial charge < -0.3 is 4.74 Å². The number of nitrogens with zero attached hydrogens (tertiary/aromatic N) is 2. The van der Waals surface area contributed by atoms with Gasteiger partial charge in [0.2, 0.25) is 0 Å². The number of aromatic nitrogens is 2. The van der Waals surface area contributed by atoms with Crippen LogP contribution in [0.15, 0.2) is 61.2 Å². The standard InChI is InChI=1S/C20H19N5O4/c1-3-29-17-6-4-5-15(11-17)18-12-19(23-22-18)20(26)24-21-13(2)14-7-9-16(10-8-14)25(27)28/h4-12,21H,2-3H2,1H3,(H,22,23)(H,24,26). The summed E-state index contributed by atoms with van der Waals surface area (Å²) in [6.07, 6.45) is 0. The summed E-state index contributed by atoms with van der Waals surface area (Å²) >= 11 is 0. The van der Waals surface area contributed by atoms with Crippen LogP contribution in [0.1, 0.15) is 23.0 Å². The second-order valence-corrected chi connectivity index (χ2v) is 5.99. The first kappa shape index (κ1) is 19.6. The van der Waals surface area contributed by atoms with Crippen LogP contribution in [0.2, 0.25) is 0 Å². The molecule has 3 N–H and O–H groups in total. The number of nitro benzene ring substituents is 1. The van der Waals surface area contributed by atoms with E-state index >= 15 is 0 Å². The smallest absolute Gasteiger partial charge is 0.287 e. The van der Waals surface area contributed by atoms with Gasteiger partial charge in [-0.15, -0.1) is 0 Å². The van der Waals surface area contributed by atoms with Crippen molar-refractivity contribution in [2.45, 2.75) is 6.92 Å². The quantitative estimate of drug-likeness (QED) is 0.399. The number of amides is 1. The lowest BCUT2D eigenvalue weighted by Gasteiger charge is -2.10. The normalized spacial score (nSPS) is 10.2. The summed E-state index contributed by atoms with van der Waals surface area (Å²) in [7, 11) is 0. The molecule has 29 heavy (non-hydrogen) atoms. The number of benzene rings is 2. The van der Waals surface area contributed by atoms with Gasteiger partial charge in [-0.3, -0.25) is 30.9 Å². The zero-order valence-corrected chi connectivity index (χ0v) is 15.6. The Hall–Kier alpha value is -4.14. The molecule has 2 aromatic carbocycles. The molecule has 9 nitrogen and oxygen atoms in total. The van der Waals surface area contributed by atoms with Gasteiger partial charge in [-0.05, 0) is 42.8 Å². The van der Waals surface area contributed by atoms with E-state index in [-0.39, 0.29) is 11.4 Å². The molecule has 1 heterocycles. The molecule has 0 aliphatic heterocycles. The number of H-pyrrole nitrogens is 1. The van der Waals surface area contributed by atoms with Crippen molar-refractivity contribution in [3.8, 4) is 17.0 Å². The van der Waals surface area contributed by atoms with Crippen molar-refractivity contribution in [1.29, 1.82) is 0 Å². The number of carbonyl (C=O) groups is 1. The Labute approximate surface area is 166 Å². The molecule has 0 spiro atoms. The van der Waals surface area contributed by atoms with Crippen molar-refractivity contribution >= 4 is 17.3 Å². The minimum Gasteiger partial charge on any atom is -0.494 e. The fourth-order valence-electron chi connectivity index (χ4n) is 2.55. The number of rotatable bonds is 8. The molecule has 0 aliphatic rings. The van der Waals surface area contributed by atoms with Gasteiger partial charge in [0.15, 0.2) is 0 Å². The Balaban J connectivity index is 1.62. The van der Waals surface area contributed by atoms with Gasteiger partial charge in [-0.1, -0.05) is 18.7 Å². The lowest BCUT2D eigenvalue weighted by atomic mass is 10.1. The van der Waals surface area contributed by atoms with Crippen molar-refractivity contribution in [1.82, 2.24) is 21.0 Å². The Morgan fingerprint density at radius 2 is 1.97 bits per heavy atom. The highest BCUT2D eigenvalue weighted by molar-refractivity contribution is 5.93. The van der Waals surface area contributed by atoms with Crippen LogP contribution in [0.5, 0.6) is 5.75 Å². The lowest BCUT2D eigenvalue weighted by Crippen LogP contribution is -2.36. The molecule has 3 rings (SSSR count). The van der Waals surface area contributed by atoms with Crippen LogP contribution in [0, 0.1) is 10.1 Å². The zero-order valence-electron chi connectivity index (χ0n) is 15.6. The fourth-order valence-corrected chi connectivity index (χ4v) is 2.55. The molecule has 0 aliphatic carbocycles. The third-order valence-electron chi connectivity index (χ3n) is 4.02. The first-order valence-electron chi connectivity index (χ1n) is 8.76. The minimum absolute atomic E-state index is 0.0241. The fraction of sp³-hybridized carbons (Fsp3) is 0.100. The van der Waals surface area contributed by atoms with Gasteiger partial charge in [-0.25, -0.2) is 0 Å². The van der Waals surface area contributed by atoms with E-state index < -0.39 is 10.8 Å². The van der Waals surface area contributed by atoms with Crippen LogP contribution in [-0.2, 0) is 0 Å². The molecule has 0 saturated heterocycles. The average Bonchev–Trinajstić information content (AvgIpc) is 3.23. The summed E-state index contributed by atoms with van der Waals surface area (Å²) in [5, 5.41) is 17.6. The maximum absolute atomic E-state index is 12.3. The van der Waals surface area contributed by atoms with Gasteiger partial charge in [0.1, 0.15) is 11.4 Å². The summed E-state index contributed by atoms with van der Waals surface area (Å²) in [5.74, 6) is 0.285. The molecule has 148 valence electrons. The second-order valence-electron chi connectivity index (χ2n) is 5.99. The molecule has 1 aromatic heterocycles. The maximum atomic E-state index is 12.3. The summed E-state index contributed by atoms with van der Waals surface area (Å²) in [6.45, 7) is 6.27. The summed E-state index contributed by atoms with van der Waals surface area (Å²) in [5.41, 5.74) is 7.84. The van der Waals surface area contributed by atoms with Crippen LogP contribution in [0.4, 0.5) is 5.69 Å². The molecule has 0 bridgehead atoms. The van der Waals surface area contributed by atoms with E-state index in [1.807, 2.05) is 31.2 Å². The molecule has 0 atom stereocenters. The highest BCUT2D eigenvalue weighted by Gasteiger charge is 2.12. The van der Waals surface area contributed by atoms with Crippen LogP contribution in [0.3, 0.4) is 0 Å². The Bertz CT molecular complexity index is 1040. The van der Waals surface area contributed by atoms with Crippen molar-refractivity contribution in [2.75, 3.05) is 6.61 Å². The van der Waals surface area contributed by atoms with Crippen LogP contribution >= 0.6 is 0 Å². The topological polar surface area (TPSA) is 122 Å². The summed E-state index contributed by atoms with van der Waals surface area (Å²) in [6, 6.07) is 14.8.